The summed E-state index contributed by atoms with van der Waals surface area (Å²) >= 11 is 0. The predicted octanol–water partition coefficient (Wildman–Crippen LogP) is 10.2. The van der Waals surface area contributed by atoms with E-state index in [4.69, 9.17) is 4.42 Å². The molecule has 3 heteroatoms. The van der Waals surface area contributed by atoms with Gasteiger partial charge in [0.15, 0.2) is 0 Å². The van der Waals surface area contributed by atoms with E-state index in [-0.39, 0.29) is 5.41 Å². The van der Waals surface area contributed by atoms with E-state index < -0.39 is 8.07 Å². The molecule has 0 aliphatic carbocycles. The van der Waals surface area contributed by atoms with Crippen molar-refractivity contribution < 1.29 is 4.42 Å². The zero-order valence-corrected chi connectivity index (χ0v) is 26.5. The Morgan fingerprint density at radius 1 is 0.568 bits per heavy atom. The molecule has 0 saturated carbocycles. The lowest BCUT2D eigenvalue weighted by Gasteiger charge is -2.49. The summed E-state index contributed by atoms with van der Waals surface area (Å²) in [5.74, 6) is 0. The summed E-state index contributed by atoms with van der Waals surface area (Å²) in [6.45, 7) is 9.84. The average molecular weight is 584 g/mol. The molecule has 6 aromatic carbocycles. The average Bonchev–Trinajstić information content (AvgIpc) is 3.43. The Kier molecular flexibility index (Phi) is 5.15. The fraction of sp³-hybridized carbons (Fsp3) is 0.122. The van der Waals surface area contributed by atoms with Gasteiger partial charge in [-0.2, -0.15) is 0 Å². The number of fused-ring (bicyclic) bond motifs is 8. The van der Waals surface area contributed by atoms with Crippen LogP contribution in [0.1, 0.15) is 25.0 Å². The Balaban J connectivity index is 1.41. The number of rotatable bonds is 2. The summed E-state index contributed by atoms with van der Waals surface area (Å²) in [5, 5.41) is 5.28. The van der Waals surface area contributed by atoms with Gasteiger partial charge in [0.25, 0.3) is 0 Å². The van der Waals surface area contributed by atoms with Gasteiger partial charge < -0.3 is 9.32 Å². The molecule has 0 fully saturated rings. The van der Waals surface area contributed by atoms with Gasteiger partial charge in [-0.1, -0.05) is 124 Å². The first-order valence-electron chi connectivity index (χ1n) is 15.5. The molecule has 1 aromatic heterocycles. The standard InChI is InChI=1S/C41H33NOSi/c1-41(2)32-23-28(26-13-7-5-8-14-26)19-21-34(32)42-35-22-20-29(27-15-9-6-10-16-27)24-37(35)44(3,4)40-38(42)33(41)25-31-30-17-11-12-18-36(30)43-39(31)40/h5-25H,1-4H3. The fourth-order valence-electron chi connectivity index (χ4n) is 7.87. The molecule has 9 rings (SSSR count). The molecule has 0 unspecified atom stereocenters. The monoisotopic (exact) mass is 583 g/mol. The van der Waals surface area contributed by atoms with Crippen LogP contribution in [0.3, 0.4) is 0 Å². The van der Waals surface area contributed by atoms with E-state index in [2.05, 4.69) is 159 Å². The second-order valence-electron chi connectivity index (χ2n) is 13.4. The Labute approximate surface area is 259 Å². The number of hydrogen-bond acceptors (Lipinski definition) is 2. The van der Waals surface area contributed by atoms with Crippen LogP contribution in [0.25, 0.3) is 44.2 Å². The van der Waals surface area contributed by atoms with Crippen LogP contribution in [-0.2, 0) is 5.41 Å². The van der Waals surface area contributed by atoms with E-state index in [1.165, 1.54) is 71.6 Å². The van der Waals surface area contributed by atoms with Gasteiger partial charge in [-0.25, -0.2) is 0 Å². The number of para-hydroxylation sites is 1. The molecule has 3 heterocycles. The van der Waals surface area contributed by atoms with Crippen LogP contribution in [-0.4, -0.2) is 8.07 Å². The van der Waals surface area contributed by atoms with Crippen molar-refractivity contribution in [2.24, 2.45) is 0 Å². The van der Waals surface area contributed by atoms with Gasteiger partial charge >= 0.3 is 0 Å². The molecule has 0 amide bonds. The topological polar surface area (TPSA) is 16.4 Å². The van der Waals surface area contributed by atoms with Crippen LogP contribution in [0.5, 0.6) is 0 Å². The van der Waals surface area contributed by atoms with Crippen molar-refractivity contribution in [1.82, 2.24) is 0 Å². The number of nitrogens with zero attached hydrogens (tertiary/aromatic N) is 1. The second-order valence-corrected chi connectivity index (χ2v) is 17.7. The normalized spacial score (nSPS) is 15.6. The van der Waals surface area contributed by atoms with Crippen LogP contribution in [0.2, 0.25) is 13.1 Å². The Hall–Kier alpha value is -4.86. The molecule has 0 saturated heterocycles. The van der Waals surface area contributed by atoms with Crippen molar-refractivity contribution in [1.29, 1.82) is 0 Å². The highest BCUT2D eigenvalue weighted by Crippen LogP contribution is 2.55. The molecule has 0 atom stereocenters. The maximum Gasteiger partial charge on any atom is 0.137 e. The van der Waals surface area contributed by atoms with Gasteiger partial charge in [-0.15, -0.1) is 0 Å². The highest BCUT2D eigenvalue weighted by molar-refractivity contribution is 7.04. The predicted molar refractivity (Wildman–Crippen MR) is 188 cm³/mol. The van der Waals surface area contributed by atoms with Gasteiger partial charge in [-0.3, -0.25) is 0 Å². The minimum absolute atomic E-state index is 0.209. The van der Waals surface area contributed by atoms with Gasteiger partial charge in [-0.05, 0) is 68.9 Å². The lowest BCUT2D eigenvalue weighted by atomic mass is 9.72. The van der Waals surface area contributed by atoms with Crippen molar-refractivity contribution in [2.75, 3.05) is 4.90 Å². The van der Waals surface area contributed by atoms with Gasteiger partial charge in [0.05, 0.1) is 11.4 Å². The molecule has 2 aliphatic rings. The molecule has 7 aromatic rings. The third-order valence-electron chi connectivity index (χ3n) is 10.2. The number of anilines is 3. The van der Waals surface area contributed by atoms with E-state index in [0.717, 1.165) is 11.2 Å². The van der Waals surface area contributed by atoms with Crippen molar-refractivity contribution >= 4 is 57.4 Å². The van der Waals surface area contributed by atoms with E-state index >= 15 is 0 Å². The molecular formula is C41H33NOSi. The van der Waals surface area contributed by atoms with Gasteiger partial charge in [0.1, 0.15) is 19.2 Å². The molecule has 0 N–H and O–H groups in total. The quantitative estimate of drug-likeness (QED) is 0.188. The summed E-state index contributed by atoms with van der Waals surface area (Å²) in [5.41, 5.74) is 13.4. The lowest BCUT2D eigenvalue weighted by molar-refractivity contribution is 0.632. The zero-order valence-electron chi connectivity index (χ0n) is 25.5. The largest absolute Gasteiger partial charge is 0.456 e. The third kappa shape index (κ3) is 3.36. The highest BCUT2D eigenvalue weighted by atomic mass is 28.3. The fourth-order valence-corrected chi connectivity index (χ4v) is 11.1. The smallest absolute Gasteiger partial charge is 0.137 e. The van der Waals surface area contributed by atoms with Gasteiger partial charge in [0, 0.05) is 27.1 Å². The maximum absolute atomic E-state index is 6.83. The van der Waals surface area contributed by atoms with Crippen LogP contribution < -0.4 is 15.3 Å². The zero-order chi connectivity index (χ0) is 29.8. The highest BCUT2D eigenvalue weighted by Gasteiger charge is 2.48. The lowest BCUT2D eigenvalue weighted by Crippen LogP contribution is -2.60. The van der Waals surface area contributed by atoms with Crippen LogP contribution in [0.4, 0.5) is 17.1 Å². The van der Waals surface area contributed by atoms with Crippen LogP contribution in [0, 0.1) is 0 Å². The maximum atomic E-state index is 6.83. The minimum Gasteiger partial charge on any atom is -0.456 e. The molecule has 2 nitrogen and oxygen atoms in total. The molecule has 0 bridgehead atoms. The van der Waals surface area contributed by atoms with Crippen LogP contribution in [0.15, 0.2) is 132 Å². The molecule has 44 heavy (non-hydrogen) atoms. The summed E-state index contributed by atoms with van der Waals surface area (Å²) in [6, 6.07) is 46.7. The van der Waals surface area contributed by atoms with E-state index in [1.807, 2.05) is 0 Å². The first kappa shape index (κ1) is 25.6. The minimum atomic E-state index is -2.26. The van der Waals surface area contributed by atoms with E-state index in [0.29, 0.717) is 0 Å². The van der Waals surface area contributed by atoms with Crippen molar-refractivity contribution in [3.05, 3.63) is 139 Å². The summed E-state index contributed by atoms with van der Waals surface area (Å²) in [6.07, 6.45) is 0. The molecule has 0 radical (unpaired) electrons. The number of benzene rings is 6. The van der Waals surface area contributed by atoms with Crippen LogP contribution >= 0.6 is 0 Å². The Bertz CT molecular complexity index is 2270. The van der Waals surface area contributed by atoms with E-state index in [9.17, 15) is 0 Å². The third-order valence-corrected chi connectivity index (χ3v) is 13.7. The summed E-state index contributed by atoms with van der Waals surface area (Å²) < 4.78 is 6.83. The molecule has 2 aliphatic heterocycles. The molecule has 0 spiro atoms. The first-order valence-corrected chi connectivity index (χ1v) is 18.5. The Morgan fingerprint density at radius 3 is 1.89 bits per heavy atom. The SMILES string of the molecule is CC1(C)c2cc(-c3ccccc3)ccc2N2c3ccc(-c4ccccc4)cc3[Si](C)(C)c3c2c1cc1c3oc2ccccc21. The van der Waals surface area contributed by atoms with Crippen molar-refractivity contribution in [2.45, 2.75) is 32.4 Å². The Morgan fingerprint density at radius 2 is 1.18 bits per heavy atom. The number of hydrogen-bond donors (Lipinski definition) is 0. The first-order chi connectivity index (χ1) is 21.3. The van der Waals surface area contributed by atoms with Crippen molar-refractivity contribution in [3.8, 4) is 22.3 Å². The van der Waals surface area contributed by atoms with E-state index in [1.54, 1.807) is 0 Å². The van der Waals surface area contributed by atoms with Gasteiger partial charge in [0.2, 0.25) is 0 Å². The summed E-state index contributed by atoms with van der Waals surface area (Å²) in [4.78, 5) is 2.56. The summed E-state index contributed by atoms with van der Waals surface area (Å²) in [7, 11) is -2.26. The van der Waals surface area contributed by atoms with Crippen molar-refractivity contribution in [3.63, 3.8) is 0 Å². The molecular weight excluding hydrogens is 551 g/mol. The molecule has 212 valence electrons. The second kappa shape index (κ2) is 8.84. The number of furan rings is 1.